The van der Waals surface area contributed by atoms with Gasteiger partial charge in [0.2, 0.25) is 10.0 Å². The number of methoxy groups -OCH3 is 2. The van der Waals surface area contributed by atoms with Gasteiger partial charge in [0.1, 0.15) is 0 Å². The standard InChI is InChI=1S/C20H27NO4S/c1-14(15-7-12-18(24-5)19(13-15)25-6)21-26(22,23)17-10-8-16(9-11-17)20(2,3)4/h7-14,21H,1-6H3. The molecule has 0 fully saturated rings. The van der Waals surface area contributed by atoms with E-state index < -0.39 is 16.1 Å². The molecule has 0 heterocycles. The van der Waals surface area contributed by atoms with Crippen LogP contribution in [0.4, 0.5) is 0 Å². The molecular weight excluding hydrogens is 350 g/mol. The number of hydrogen-bond donors (Lipinski definition) is 1. The first-order valence-corrected chi connectivity index (χ1v) is 9.91. The van der Waals surface area contributed by atoms with Crippen LogP contribution in [-0.4, -0.2) is 22.6 Å². The lowest BCUT2D eigenvalue weighted by molar-refractivity contribution is 0.354. The maximum absolute atomic E-state index is 12.7. The number of hydrogen-bond acceptors (Lipinski definition) is 4. The molecule has 1 N–H and O–H groups in total. The fourth-order valence-corrected chi connectivity index (χ4v) is 3.86. The van der Waals surface area contributed by atoms with E-state index in [4.69, 9.17) is 9.47 Å². The summed E-state index contributed by atoms with van der Waals surface area (Å²) in [6, 6.07) is 11.9. The minimum Gasteiger partial charge on any atom is -0.493 e. The van der Waals surface area contributed by atoms with Crippen molar-refractivity contribution in [2.45, 2.75) is 44.0 Å². The van der Waals surface area contributed by atoms with Crippen LogP contribution in [0, 0.1) is 0 Å². The number of sulfonamides is 1. The normalized spacial score (nSPS) is 13.3. The quantitative estimate of drug-likeness (QED) is 0.825. The molecule has 0 saturated carbocycles. The van der Waals surface area contributed by atoms with Gasteiger partial charge < -0.3 is 9.47 Å². The predicted molar refractivity (Wildman–Crippen MR) is 103 cm³/mol. The summed E-state index contributed by atoms with van der Waals surface area (Å²) in [4.78, 5) is 0.248. The Bertz CT molecular complexity index is 852. The predicted octanol–water partition coefficient (Wildman–Crippen LogP) is 4.04. The molecule has 5 nitrogen and oxygen atoms in total. The van der Waals surface area contributed by atoms with E-state index in [1.165, 1.54) is 0 Å². The Labute approximate surface area is 156 Å². The number of ether oxygens (including phenoxy) is 2. The Balaban J connectivity index is 2.23. The lowest BCUT2D eigenvalue weighted by Crippen LogP contribution is -2.27. The summed E-state index contributed by atoms with van der Waals surface area (Å²) in [5.41, 5.74) is 1.85. The van der Waals surface area contributed by atoms with E-state index in [9.17, 15) is 8.42 Å². The van der Waals surface area contributed by atoms with Gasteiger partial charge in [0, 0.05) is 6.04 Å². The zero-order valence-corrected chi connectivity index (χ0v) is 17.0. The van der Waals surface area contributed by atoms with Gasteiger partial charge in [-0.15, -0.1) is 0 Å². The Kier molecular flexibility index (Phi) is 5.98. The van der Waals surface area contributed by atoms with Gasteiger partial charge in [0.05, 0.1) is 19.1 Å². The van der Waals surface area contributed by atoms with Crippen molar-refractivity contribution in [1.29, 1.82) is 0 Å². The van der Waals surface area contributed by atoms with Crippen LogP contribution in [0.1, 0.15) is 44.9 Å². The maximum atomic E-state index is 12.7. The first kappa shape index (κ1) is 20.3. The first-order valence-electron chi connectivity index (χ1n) is 8.43. The van der Waals surface area contributed by atoms with Crippen molar-refractivity contribution in [3.63, 3.8) is 0 Å². The highest BCUT2D eigenvalue weighted by Crippen LogP contribution is 2.30. The van der Waals surface area contributed by atoms with Gasteiger partial charge in [0.25, 0.3) is 0 Å². The van der Waals surface area contributed by atoms with Gasteiger partial charge in [0.15, 0.2) is 11.5 Å². The van der Waals surface area contributed by atoms with E-state index in [1.54, 1.807) is 45.4 Å². The molecule has 1 unspecified atom stereocenters. The molecule has 0 aliphatic carbocycles. The van der Waals surface area contributed by atoms with Gasteiger partial charge in [-0.25, -0.2) is 13.1 Å². The smallest absolute Gasteiger partial charge is 0.241 e. The Morgan fingerprint density at radius 1 is 0.923 bits per heavy atom. The van der Waals surface area contributed by atoms with Crippen molar-refractivity contribution < 1.29 is 17.9 Å². The third-order valence-corrected chi connectivity index (χ3v) is 5.83. The van der Waals surface area contributed by atoms with E-state index in [2.05, 4.69) is 25.5 Å². The largest absolute Gasteiger partial charge is 0.493 e. The van der Waals surface area contributed by atoms with E-state index in [1.807, 2.05) is 18.2 Å². The van der Waals surface area contributed by atoms with Gasteiger partial charge >= 0.3 is 0 Å². The molecule has 0 amide bonds. The van der Waals surface area contributed by atoms with Crippen molar-refractivity contribution in [3.05, 3.63) is 53.6 Å². The molecule has 2 rings (SSSR count). The molecule has 0 aliphatic heterocycles. The van der Waals surface area contributed by atoms with Crippen LogP contribution in [0.5, 0.6) is 11.5 Å². The molecule has 0 aliphatic rings. The highest BCUT2D eigenvalue weighted by Gasteiger charge is 2.21. The Hall–Kier alpha value is -2.05. The van der Waals surface area contributed by atoms with Gasteiger partial charge in [-0.3, -0.25) is 0 Å². The second-order valence-corrected chi connectivity index (χ2v) is 8.95. The molecule has 1 atom stereocenters. The summed E-state index contributed by atoms with van der Waals surface area (Å²) in [5.74, 6) is 1.16. The zero-order valence-electron chi connectivity index (χ0n) is 16.2. The SMILES string of the molecule is COc1ccc(C(C)NS(=O)(=O)c2ccc(C(C)(C)C)cc2)cc1OC. The molecule has 0 saturated heterocycles. The highest BCUT2D eigenvalue weighted by molar-refractivity contribution is 7.89. The second-order valence-electron chi connectivity index (χ2n) is 7.23. The van der Waals surface area contributed by atoms with Crippen LogP contribution in [0.15, 0.2) is 47.4 Å². The molecule has 2 aromatic rings. The molecule has 0 radical (unpaired) electrons. The highest BCUT2D eigenvalue weighted by atomic mass is 32.2. The first-order chi connectivity index (χ1) is 12.1. The summed E-state index contributed by atoms with van der Waals surface area (Å²) >= 11 is 0. The van der Waals surface area contributed by atoms with Crippen LogP contribution in [0.25, 0.3) is 0 Å². The van der Waals surface area contributed by atoms with Crippen LogP contribution in [-0.2, 0) is 15.4 Å². The minimum absolute atomic E-state index is 0.0251. The maximum Gasteiger partial charge on any atom is 0.241 e. The third-order valence-electron chi connectivity index (χ3n) is 4.27. The zero-order chi connectivity index (χ0) is 19.5. The summed E-state index contributed by atoms with van der Waals surface area (Å²) in [6.45, 7) is 8.07. The molecular formula is C20H27NO4S. The van der Waals surface area contributed by atoms with Crippen LogP contribution >= 0.6 is 0 Å². The van der Waals surface area contributed by atoms with Crippen LogP contribution < -0.4 is 14.2 Å². The molecule has 0 aromatic heterocycles. The summed E-state index contributed by atoms with van der Waals surface area (Å²) in [7, 11) is -0.518. The number of rotatable bonds is 6. The summed E-state index contributed by atoms with van der Waals surface area (Å²) < 4.78 is 38.6. The summed E-state index contributed by atoms with van der Waals surface area (Å²) in [5, 5.41) is 0. The minimum atomic E-state index is -3.63. The Morgan fingerprint density at radius 2 is 1.50 bits per heavy atom. The monoisotopic (exact) mass is 377 g/mol. The van der Waals surface area contributed by atoms with Crippen molar-refractivity contribution in [1.82, 2.24) is 4.72 Å². The van der Waals surface area contributed by atoms with E-state index in [0.29, 0.717) is 11.5 Å². The topological polar surface area (TPSA) is 64.6 Å². The number of benzene rings is 2. The second kappa shape index (κ2) is 7.68. The van der Waals surface area contributed by atoms with Crippen molar-refractivity contribution >= 4 is 10.0 Å². The molecule has 142 valence electrons. The molecule has 0 bridgehead atoms. The van der Waals surface area contributed by atoms with Crippen molar-refractivity contribution in [2.24, 2.45) is 0 Å². The van der Waals surface area contributed by atoms with E-state index in [-0.39, 0.29) is 10.3 Å². The average Bonchev–Trinajstić information content (AvgIpc) is 2.60. The van der Waals surface area contributed by atoms with Crippen molar-refractivity contribution in [2.75, 3.05) is 14.2 Å². The summed E-state index contributed by atoms with van der Waals surface area (Å²) in [6.07, 6.45) is 0. The molecule has 26 heavy (non-hydrogen) atoms. The van der Waals surface area contributed by atoms with Gasteiger partial charge in [-0.1, -0.05) is 39.0 Å². The molecule has 0 spiro atoms. The fraction of sp³-hybridized carbons (Fsp3) is 0.400. The van der Waals surface area contributed by atoms with E-state index >= 15 is 0 Å². The number of nitrogens with one attached hydrogen (secondary N) is 1. The van der Waals surface area contributed by atoms with Gasteiger partial charge in [-0.05, 0) is 47.7 Å². The lowest BCUT2D eigenvalue weighted by atomic mass is 9.87. The lowest BCUT2D eigenvalue weighted by Gasteiger charge is -2.20. The van der Waals surface area contributed by atoms with Crippen LogP contribution in [0.2, 0.25) is 0 Å². The van der Waals surface area contributed by atoms with Crippen LogP contribution in [0.3, 0.4) is 0 Å². The average molecular weight is 378 g/mol. The van der Waals surface area contributed by atoms with E-state index in [0.717, 1.165) is 11.1 Å². The fourth-order valence-electron chi connectivity index (χ4n) is 2.63. The molecule has 6 heteroatoms. The van der Waals surface area contributed by atoms with Crippen molar-refractivity contribution in [3.8, 4) is 11.5 Å². The van der Waals surface area contributed by atoms with Gasteiger partial charge in [-0.2, -0.15) is 0 Å². The molecule has 2 aromatic carbocycles. The Morgan fingerprint density at radius 3 is 2.00 bits per heavy atom. The third kappa shape index (κ3) is 4.56.